The van der Waals surface area contributed by atoms with E-state index in [0.717, 1.165) is 34.6 Å². The van der Waals surface area contributed by atoms with Gasteiger partial charge >= 0.3 is 41.4 Å². The SMILES string of the molecule is CC(=O)OC[C@H]1O[C@@H](OC(C)(C)[C@H](Cc2c(OC(C)=O)ccc3ccc(=O)oc23)OC(C)=O)[C@H](OC(C)=O)[C@@H](OC(C)=O)[C@@H]1OC(C)=O. The molecule has 0 saturated carbocycles. The van der Waals surface area contributed by atoms with Crippen LogP contribution in [0.1, 0.15) is 61.0 Å². The van der Waals surface area contributed by atoms with Crippen LogP contribution in [0.2, 0.25) is 0 Å². The molecular formula is C32H38O16. The first-order valence-electron chi connectivity index (χ1n) is 14.8. The van der Waals surface area contributed by atoms with Crippen molar-refractivity contribution >= 4 is 46.8 Å². The highest BCUT2D eigenvalue weighted by molar-refractivity contribution is 5.83. The number of hydrogen-bond acceptors (Lipinski definition) is 16. The molecule has 262 valence electrons. The van der Waals surface area contributed by atoms with Crippen LogP contribution in [-0.4, -0.2) is 84.8 Å². The Bertz CT molecular complexity index is 1610. The summed E-state index contributed by atoms with van der Waals surface area (Å²) in [5, 5.41) is 0.473. The van der Waals surface area contributed by atoms with Gasteiger partial charge in [0.2, 0.25) is 0 Å². The minimum atomic E-state index is -1.61. The number of benzene rings is 1. The topological polar surface area (TPSA) is 206 Å². The van der Waals surface area contributed by atoms with Crippen LogP contribution in [0.4, 0.5) is 0 Å². The van der Waals surface area contributed by atoms with Gasteiger partial charge in [-0.2, -0.15) is 0 Å². The second-order valence-electron chi connectivity index (χ2n) is 11.4. The molecule has 0 N–H and O–H groups in total. The van der Waals surface area contributed by atoms with E-state index in [2.05, 4.69) is 0 Å². The Labute approximate surface area is 274 Å². The van der Waals surface area contributed by atoms with E-state index in [-0.39, 0.29) is 23.3 Å². The number of rotatable bonds is 12. The predicted octanol–water partition coefficient (Wildman–Crippen LogP) is 2.07. The molecule has 1 saturated heterocycles. The van der Waals surface area contributed by atoms with Crippen molar-refractivity contribution < 1.29 is 71.1 Å². The van der Waals surface area contributed by atoms with E-state index >= 15 is 0 Å². The third-order valence-electron chi connectivity index (χ3n) is 6.94. The van der Waals surface area contributed by atoms with Gasteiger partial charge in [-0.3, -0.25) is 28.8 Å². The van der Waals surface area contributed by atoms with Gasteiger partial charge in [0, 0.05) is 65.0 Å². The lowest BCUT2D eigenvalue weighted by molar-refractivity contribution is -0.335. The lowest BCUT2D eigenvalue weighted by Gasteiger charge is -2.46. The van der Waals surface area contributed by atoms with E-state index in [1.807, 2.05) is 0 Å². The van der Waals surface area contributed by atoms with E-state index in [9.17, 15) is 33.6 Å². The molecule has 1 fully saturated rings. The van der Waals surface area contributed by atoms with E-state index in [4.69, 9.17) is 42.3 Å². The summed E-state index contributed by atoms with van der Waals surface area (Å²) in [6.45, 7) is 9.20. The molecule has 0 spiro atoms. The van der Waals surface area contributed by atoms with Gasteiger partial charge in [-0.05, 0) is 32.0 Å². The molecule has 2 heterocycles. The molecule has 1 aliphatic heterocycles. The second kappa shape index (κ2) is 15.8. The zero-order valence-corrected chi connectivity index (χ0v) is 27.7. The van der Waals surface area contributed by atoms with Crippen LogP contribution < -0.4 is 10.4 Å². The fraction of sp³-hybridized carbons (Fsp3) is 0.531. The number of ether oxygens (including phenoxy) is 8. The third-order valence-corrected chi connectivity index (χ3v) is 6.94. The van der Waals surface area contributed by atoms with Gasteiger partial charge in [0.25, 0.3) is 0 Å². The van der Waals surface area contributed by atoms with Crippen LogP contribution in [0.5, 0.6) is 5.75 Å². The molecule has 48 heavy (non-hydrogen) atoms. The first-order valence-corrected chi connectivity index (χ1v) is 14.8. The highest BCUT2D eigenvalue weighted by Crippen LogP contribution is 2.36. The molecule has 2 aromatic rings. The number of fused-ring (bicyclic) bond motifs is 1. The summed E-state index contributed by atoms with van der Waals surface area (Å²) in [7, 11) is 0. The van der Waals surface area contributed by atoms with Gasteiger partial charge in [0.1, 0.15) is 35.7 Å². The summed E-state index contributed by atoms with van der Waals surface area (Å²) in [4.78, 5) is 84.8. The maximum absolute atomic E-state index is 12.4. The maximum Gasteiger partial charge on any atom is 0.336 e. The standard InChI is InChI=1S/C32H38O16/c1-15(33)40-14-24-28(43-18(4)36)29(44-19(5)37)30(45-20(6)38)31(46-24)48-32(7,8)25(42-17(3)35)13-22-23(41-16(2)34)11-9-21-10-12-26(39)47-27(21)22/h9-12,24-25,28-31H,13-14H2,1-8H3/t24-,25+,28-,29+,30-,31+/m1/s1. The summed E-state index contributed by atoms with van der Waals surface area (Å²) in [6.07, 6.45) is -8.90. The second-order valence-corrected chi connectivity index (χ2v) is 11.4. The van der Waals surface area contributed by atoms with E-state index in [0.29, 0.717) is 5.39 Å². The van der Waals surface area contributed by atoms with Crippen LogP contribution in [0.15, 0.2) is 33.5 Å². The normalized spacial score (nSPS) is 21.4. The number of carbonyl (C=O) groups is 6. The molecule has 0 aliphatic carbocycles. The highest BCUT2D eigenvalue weighted by atomic mass is 16.7. The summed E-state index contributed by atoms with van der Waals surface area (Å²) in [6, 6.07) is 5.76. The lowest BCUT2D eigenvalue weighted by atomic mass is 9.92. The van der Waals surface area contributed by atoms with Crippen molar-refractivity contribution in [1.29, 1.82) is 0 Å². The van der Waals surface area contributed by atoms with Crippen molar-refractivity contribution in [3.05, 3.63) is 40.2 Å². The van der Waals surface area contributed by atoms with E-state index in [1.165, 1.54) is 39.0 Å². The van der Waals surface area contributed by atoms with Gasteiger partial charge < -0.3 is 42.3 Å². The van der Waals surface area contributed by atoms with Crippen molar-refractivity contribution in [3.63, 3.8) is 0 Å². The lowest BCUT2D eigenvalue weighted by Crippen LogP contribution is -2.64. The number of hydrogen-bond donors (Lipinski definition) is 0. The third kappa shape index (κ3) is 10.1. The molecule has 3 rings (SSSR count). The Morgan fingerprint density at radius 3 is 1.90 bits per heavy atom. The Morgan fingerprint density at radius 1 is 0.750 bits per heavy atom. The fourth-order valence-corrected chi connectivity index (χ4v) is 5.09. The molecule has 0 radical (unpaired) electrons. The summed E-state index contributed by atoms with van der Waals surface area (Å²) in [5.41, 5.74) is -2.03. The first kappa shape index (κ1) is 37.6. The summed E-state index contributed by atoms with van der Waals surface area (Å²) >= 11 is 0. The zero-order valence-electron chi connectivity index (χ0n) is 27.7. The smallest absolute Gasteiger partial charge is 0.336 e. The average Bonchev–Trinajstić information content (AvgIpc) is 2.94. The number of esters is 6. The largest absolute Gasteiger partial charge is 0.463 e. The molecule has 0 bridgehead atoms. The first-order chi connectivity index (χ1) is 22.4. The zero-order chi connectivity index (χ0) is 35.9. The molecule has 0 unspecified atom stereocenters. The van der Waals surface area contributed by atoms with Crippen LogP contribution in [-0.2, 0) is 68.3 Å². The maximum atomic E-state index is 12.4. The van der Waals surface area contributed by atoms with Gasteiger partial charge in [0.15, 0.2) is 24.6 Å². The van der Waals surface area contributed by atoms with Gasteiger partial charge in [-0.15, -0.1) is 0 Å². The molecular weight excluding hydrogens is 640 g/mol. The van der Waals surface area contributed by atoms with Crippen LogP contribution >= 0.6 is 0 Å². The van der Waals surface area contributed by atoms with Crippen molar-refractivity contribution in [3.8, 4) is 5.75 Å². The Kier molecular flexibility index (Phi) is 12.4. The summed E-state index contributed by atoms with van der Waals surface area (Å²) < 4.78 is 50.4. The van der Waals surface area contributed by atoms with Crippen LogP contribution in [0.3, 0.4) is 0 Å². The average molecular weight is 679 g/mol. The van der Waals surface area contributed by atoms with E-state index < -0.39 is 90.5 Å². The number of carbonyl (C=O) groups excluding carboxylic acids is 6. The summed E-state index contributed by atoms with van der Waals surface area (Å²) in [5.74, 6) is -4.60. The molecule has 1 aromatic carbocycles. The van der Waals surface area contributed by atoms with Crippen molar-refractivity contribution in [2.45, 2.75) is 104 Å². The minimum absolute atomic E-state index is 0.0181. The molecule has 6 atom stereocenters. The van der Waals surface area contributed by atoms with Crippen molar-refractivity contribution in [2.24, 2.45) is 0 Å². The molecule has 1 aliphatic rings. The Balaban J connectivity index is 2.13. The monoisotopic (exact) mass is 678 g/mol. The fourth-order valence-electron chi connectivity index (χ4n) is 5.09. The highest BCUT2D eigenvalue weighted by Gasteiger charge is 2.54. The Hall–Kier alpha value is -4.83. The van der Waals surface area contributed by atoms with E-state index in [1.54, 1.807) is 6.07 Å². The van der Waals surface area contributed by atoms with Gasteiger partial charge in [-0.25, -0.2) is 4.79 Å². The van der Waals surface area contributed by atoms with Gasteiger partial charge in [0.05, 0.1) is 0 Å². The van der Waals surface area contributed by atoms with Gasteiger partial charge in [-0.1, -0.05) is 0 Å². The van der Waals surface area contributed by atoms with Crippen molar-refractivity contribution in [1.82, 2.24) is 0 Å². The molecule has 16 heteroatoms. The van der Waals surface area contributed by atoms with Crippen LogP contribution in [0.25, 0.3) is 11.0 Å². The van der Waals surface area contributed by atoms with Crippen LogP contribution in [0, 0.1) is 0 Å². The van der Waals surface area contributed by atoms with Crippen molar-refractivity contribution in [2.75, 3.05) is 6.61 Å². The molecule has 1 aromatic heterocycles. The quantitative estimate of drug-likeness (QED) is 0.136. The molecule has 0 amide bonds. The minimum Gasteiger partial charge on any atom is -0.463 e. The predicted molar refractivity (Wildman–Crippen MR) is 160 cm³/mol. The molecule has 16 nitrogen and oxygen atoms in total. The Morgan fingerprint density at radius 2 is 1.33 bits per heavy atom.